The average molecular weight is 478 g/mol. The van der Waals surface area contributed by atoms with Crippen molar-refractivity contribution in [2.24, 2.45) is 0 Å². The molecule has 0 saturated carbocycles. The summed E-state index contributed by atoms with van der Waals surface area (Å²) in [7, 11) is 3.89. The molecule has 0 heterocycles. The van der Waals surface area contributed by atoms with Crippen molar-refractivity contribution in [2.75, 3.05) is 27.9 Å². The number of ether oxygens (including phenoxy) is 3. The third-order valence-electron chi connectivity index (χ3n) is 2.07. The van der Waals surface area contributed by atoms with E-state index < -0.39 is 12.1 Å². The lowest BCUT2D eigenvalue weighted by Gasteiger charge is -1.97. The van der Waals surface area contributed by atoms with E-state index in [9.17, 15) is 28.8 Å². The highest BCUT2D eigenvalue weighted by atomic mass is 16.5. The van der Waals surface area contributed by atoms with E-state index in [0.717, 1.165) is 6.08 Å². The number of carbonyl (C=O) groups excluding carboxylic acids is 6. The molecule has 0 aromatic heterocycles. The standard InChI is InChI=1S/C5H9NO3.2C5H8O2.C4H6O2.2C2H6/c1-4(7)3-6-5(8)9-2;1-4(6)3-5(2)7;1-4(2)5(6)7-3;1-3-4(5)6-2;2*1-2/h3H2,1-2H3,(H,6,8);3H2,1-2H3;1H2,2-3H3;3H,1H2,2H3;2*1-2H3. The molecule has 33 heavy (non-hydrogen) atoms. The van der Waals surface area contributed by atoms with Crippen molar-refractivity contribution < 1.29 is 43.0 Å². The van der Waals surface area contributed by atoms with E-state index in [1.807, 2.05) is 27.7 Å². The van der Waals surface area contributed by atoms with E-state index in [1.165, 1.54) is 42.1 Å². The average Bonchev–Trinajstić information content (AvgIpc) is 2.79. The number of Topliss-reactive ketones (excluding diaryl/α,β-unsaturated/α-hetero) is 3. The van der Waals surface area contributed by atoms with Gasteiger partial charge in [0.1, 0.15) is 17.3 Å². The highest BCUT2D eigenvalue weighted by Gasteiger charge is 1.97. The van der Waals surface area contributed by atoms with Gasteiger partial charge in [0, 0.05) is 11.6 Å². The number of esters is 2. The number of methoxy groups -OCH3 is 3. The summed E-state index contributed by atoms with van der Waals surface area (Å²) < 4.78 is 12.6. The normalized spacial score (nSPS) is 7.24. The Morgan fingerprint density at radius 2 is 1.12 bits per heavy atom. The van der Waals surface area contributed by atoms with Gasteiger partial charge in [0.2, 0.25) is 0 Å². The quantitative estimate of drug-likeness (QED) is 0.262. The maximum atomic E-state index is 10.2. The molecule has 0 spiro atoms. The van der Waals surface area contributed by atoms with Gasteiger partial charge in [-0.15, -0.1) is 0 Å². The second-order valence-corrected chi connectivity index (χ2v) is 5.13. The summed E-state index contributed by atoms with van der Waals surface area (Å²) in [6.45, 7) is 20.3. The molecule has 0 aliphatic carbocycles. The monoisotopic (exact) mass is 477 g/mol. The maximum Gasteiger partial charge on any atom is 0.407 e. The molecule has 0 aromatic carbocycles. The van der Waals surface area contributed by atoms with Gasteiger partial charge in [-0.3, -0.25) is 14.4 Å². The first-order valence-electron chi connectivity index (χ1n) is 10.0. The van der Waals surface area contributed by atoms with Crippen molar-refractivity contribution in [3.63, 3.8) is 0 Å². The summed E-state index contributed by atoms with van der Waals surface area (Å²) in [5.74, 6) is -0.963. The Bertz CT molecular complexity index is 570. The Labute approximate surface area is 198 Å². The van der Waals surface area contributed by atoms with E-state index in [1.54, 1.807) is 6.92 Å². The molecule has 0 bridgehead atoms. The van der Waals surface area contributed by atoms with Crippen molar-refractivity contribution in [3.8, 4) is 0 Å². The molecule has 0 radical (unpaired) electrons. The van der Waals surface area contributed by atoms with Crippen LogP contribution < -0.4 is 5.32 Å². The first-order chi connectivity index (χ1) is 15.3. The number of alkyl carbamates (subject to hydrolysis) is 1. The molecule has 10 heteroatoms. The molecule has 0 aliphatic rings. The predicted octanol–water partition coefficient (Wildman–Crippen LogP) is 3.62. The van der Waals surface area contributed by atoms with Gasteiger partial charge in [-0.05, 0) is 27.7 Å². The molecular formula is C23H43NO9. The van der Waals surface area contributed by atoms with Gasteiger partial charge in [0.25, 0.3) is 0 Å². The van der Waals surface area contributed by atoms with Crippen molar-refractivity contribution in [3.05, 3.63) is 24.8 Å². The van der Waals surface area contributed by atoms with E-state index >= 15 is 0 Å². The highest BCUT2D eigenvalue weighted by Crippen LogP contribution is 1.87. The van der Waals surface area contributed by atoms with Crippen LogP contribution in [0.4, 0.5) is 4.79 Å². The summed E-state index contributed by atoms with van der Waals surface area (Å²) in [6.07, 6.45) is 0.616. The third-order valence-corrected chi connectivity index (χ3v) is 2.07. The van der Waals surface area contributed by atoms with Gasteiger partial charge in [-0.25, -0.2) is 14.4 Å². The SMILES string of the molecule is C=C(C)C(=O)OC.C=CC(=O)OC.CC.CC.CC(=O)CC(C)=O.COC(=O)NCC(C)=O. The molecule has 0 aliphatic heterocycles. The number of rotatable bonds is 6. The van der Waals surface area contributed by atoms with E-state index in [4.69, 9.17) is 0 Å². The molecule has 0 saturated heterocycles. The van der Waals surface area contributed by atoms with Crippen LogP contribution in [0, 0.1) is 0 Å². The molecular weight excluding hydrogens is 434 g/mol. The summed E-state index contributed by atoms with van der Waals surface area (Å²) in [5, 5.41) is 2.22. The minimum Gasteiger partial charge on any atom is -0.466 e. The van der Waals surface area contributed by atoms with Crippen LogP contribution in [-0.4, -0.2) is 63.3 Å². The molecule has 0 fully saturated rings. The summed E-state index contributed by atoms with van der Waals surface area (Å²) in [4.78, 5) is 60.5. The predicted molar refractivity (Wildman–Crippen MR) is 129 cm³/mol. The summed E-state index contributed by atoms with van der Waals surface area (Å²) >= 11 is 0. The lowest BCUT2D eigenvalue weighted by molar-refractivity contribution is -0.136. The number of carbonyl (C=O) groups is 6. The van der Waals surface area contributed by atoms with Gasteiger partial charge in [-0.1, -0.05) is 40.9 Å². The minimum atomic E-state index is -0.579. The van der Waals surface area contributed by atoms with Gasteiger partial charge >= 0.3 is 18.0 Å². The number of amides is 1. The van der Waals surface area contributed by atoms with Gasteiger partial charge in [0.15, 0.2) is 0 Å². The second kappa shape index (κ2) is 36.1. The number of nitrogens with one attached hydrogen (secondary N) is 1. The largest absolute Gasteiger partial charge is 0.466 e. The van der Waals surface area contributed by atoms with Gasteiger partial charge < -0.3 is 19.5 Å². The Hall–Kier alpha value is -3.30. The zero-order valence-corrected chi connectivity index (χ0v) is 22.1. The molecule has 1 N–H and O–H groups in total. The fraction of sp³-hybridized carbons (Fsp3) is 0.565. The van der Waals surface area contributed by atoms with E-state index in [0.29, 0.717) is 5.57 Å². The third kappa shape index (κ3) is 65.3. The maximum absolute atomic E-state index is 10.2. The topological polar surface area (TPSA) is 142 Å². The summed E-state index contributed by atoms with van der Waals surface area (Å²) in [6, 6.07) is 0. The van der Waals surface area contributed by atoms with Crippen LogP contribution in [0.1, 0.15) is 61.8 Å². The number of ketones is 3. The second-order valence-electron chi connectivity index (χ2n) is 5.13. The smallest absolute Gasteiger partial charge is 0.407 e. The molecule has 194 valence electrons. The van der Waals surface area contributed by atoms with Crippen molar-refractivity contribution in [2.45, 2.75) is 61.8 Å². The molecule has 1 amide bonds. The molecule has 10 nitrogen and oxygen atoms in total. The minimum absolute atomic E-state index is 0.0344. The van der Waals surface area contributed by atoms with Crippen molar-refractivity contribution >= 4 is 35.4 Å². The highest BCUT2D eigenvalue weighted by molar-refractivity contribution is 5.96. The fourth-order valence-corrected chi connectivity index (χ4v) is 0.877. The first-order valence-corrected chi connectivity index (χ1v) is 10.0. The number of hydrogen-bond donors (Lipinski definition) is 1. The van der Waals surface area contributed by atoms with E-state index in [2.05, 4.69) is 32.7 Å². The lowest BCUT2D eigenvalue weighted by Crippen LogP contribution is -2.27. The van der Waals surface area contributed by atoms with Crippen LogP contribution in [0.15, 0.2) is 24.8 Å². The first kappa shape index (κ1) is 43.6. The lowest BCUT2D eigenvalue weighted by atomic mass is 10.2. The molecule has 0 aromatic rings. The number of hydrogen-bond acceptors (Lipinski definition) is 9. The Morgan fingerprint density at radius 1 is 0.727 bits per heavy atom. The fourth-order valence-electron chi connectivity index (χ4n) is 0.877. The summed E-state index contributed by atoms with van der Waals surface area (Å²) in [5.41, 5.74) is 0.433. The zero-order chi connectivity index (χ0) is 28.0. The zero-order valence-electron chi connectivity index (χ0n) is 22.1. The van der Waals surface area contributed by atoms with Crippen LogP contribution in [0.25, 0.3) is 0 Å². The van der Waals surface area contributed by atoms with Crippen LogP contribution in [0.2, 0.25) is 0 Å². The van der Waals surface area contributed by atoms with Crippen LogP contribution in [-0.2, 0) is 38.2 Å². The van der Waals surface area contributed by atoms with Crippen LogP contribution in [0.5, 0.6) is 0 Å². The Kier molecular flexibility index (Phi) is 47.6. The van der Waals surface area contributed by atoms with Gasteiger partial charge in [-0.2, -0.15) is 0 Å². The van der Waals surface area contributed by atoms with Crippen molar-refractivity contribution in [1.29, 1.82) is 0 Å². The van der Waals surface area contributed by atoms with Gasteiger partial charge in [0.05, 0.1) is 34.3 Å². The molecule has 0 unspecified atom stereocenters. The Morgan fingerprint density at radius 3 is 1.21 bits per heavy atom. The van der Waals surface area contributed by atoms with Crippen LogP contribution in [0.3, 0.4) is 0 Å². The van der Waals surface area contributed by atoms with Crippen LogP contribution >= 0.6 is 0 Å². The van der Waals surface area contributed by atoms with E-state index in [-0.39, 0.29) is 36.3 Å². The molecule has 0 rings (SSSR count). The molecule has 0 atom stereocenters. The van der Waals surface area contributed by atoms with Crippen molar-refractivity contribution in [1.82, 2.24) is 5.32 Å². The Balaban J connectivity index is -0.0000000705.